The highest BCUT2D eigenvalue weighted by Gasteiger charge is 2.31. The number of carboxylic acid groups (broad SMARTS) is 1. The van der Waals surface area contributed by atoms with E-state index >= 15 is 0 Å². The van der Waals surface area contributed by atoms with Crippen molar-refractivity contribution < 1.29 is 24.3 Å². The fourth-order valence-corrected chi connectivity index (χ4v) is 3.95. The molecule has 1 heterocycles. The summed E-state index contributed by atoms with van der Waals surface area (Å²) in [7, 11) is 0. The van der Waals surface area contributed by atoms with Gasteiger partial charge in [-0.05, 0) is 43.2 Å². The van der Waals surface area contributed by atoms with E-state index in [9.17, 15) is 24.3 Å². The number of aromatic nitrogens is 1. The summed E-state index contributed by atoms with van der Waals surface area (Å²) in [5.74, 6) is -2.91. The van der Waals surface area contributed by atoms with Crippen LogP contribution in [0.4, 0.5) is 0 Å². The normalized spacial score (nSPS) is 15.5. The molecule has 2 aromatic rings. The highest BCUT2D eigenvalue weighted by Crippen LogP contribution is 2.19. The Morgan fingerprint density at radius 1 is 0.972 bits per heavy atom. The number of para-hydroxylation sites is 1. The zero-order valence-corrected chi connectivity index (χ0v) is 21.6. The number of amides is 3. The fraction of sp³-hybridized carbons (Fsp3) is 0.538. The molecule has 3 amide bonds. The number of nitrogens with two attached hydrogens (primary N) is 1. The van der Waals surface area contributed by atoms with Gasteiger partial charge in [-0.3, -0.25) is 14.4 Å². The van der Waals surface area contributed by atoms with Gasteiger partial charge in [0.1, 0.15) is 18.1 Å². The first kappa shape index (κ1) is 28.8. The molecule has 0 aliphatic rings. The Morgan fingerprint density at radius 2 is 1.64 bits per heavy atom. The van der Waals surface area contributed by atoms with Crippen molar-refractivity contribution >= 4 is 34.6 Å². The number of carbonyl (C=O) groups is 4. The van der Waals surface area contributed by atoms with Crippen molar-refractivity contribution in [3.8, 4) is 0 Å². The lowest BCUT2D eigenvalue weighted by molar-refractivity contribution is -0.142. The predicted molar refractivity (Wildman–Crippen MR) is 138 cm³/mol. The SMILES string of the molecule is CCC(C)C(NC(=O)C(N)Cc1c[nH]c2ccccc12)C(=O)NC(C)C(=O)NC(CC(C)C)C(=O)O. The molecular weight excluding hydrogens is 462 g/mol. The van der Waals surface area contributed by atoms with E-state index in [1.807, 2.05) is 58.2 Å². The molecule has 0 aliphatic heterocycles. The summed E-state index contributed by atoms with van der Waals surface area (Å²) < 4.78 is 0. The Hall–Kier alpha value is -3.40. The molecule has 0 radical (unpaired) electrons. The minimum absolute atomic E-state index is 0.0646. The summed E-state index contributed by atoms with van der Waals surface area (Å²) in [5.41, 5.74) is 8.03. The summed E-state index contributed by atoms with van der Waals surface area (Å²) in [6, 6.07) is 3.88. The largest absolute Gasteiger partial charge is 0.480 e. The van der Waals surface area contributed by atoms with E-state index in [2.05, 4.69) is 20.9 Å². The molecule has 198 valence electrons. The van der Waals surface area contributed by atoms with Crippen LogP contribution in [0.2, 0.25) is 0 Å². The second-order valence-corrected chi connectivity index (χ2v) is 9.80. The number of H-pyrrole nitrogens is 1. The molecule has 1 aromatic carbocycles. The fourth-order valence-electron chi connectivity index (χ4n) is 3.95. The van der Waals surface area contributed by atoms with Crippen LogP contribution in [0.1, 0.15) is 53.0 Å². The lowest BCUT2D eigenvalue weighted by Gasteiger charge is -2.27. The maximum absolute atomic E-state index is 13.0. The summed E-state index contributed by atoms with van der Waals surface area (Å²) in [6.45, 7) is 8.90. The minimum Gasteiger partial charge on any atom is -0.480 e. The van der Waals surface area contributed by atoms with E-state index in [0.717, 1.165) is 16.5 Å². The predicted octanol–water partition coefficient (Wildman–Crippen LogP) is 1.69. The highest BCUT2D eigenvalue weighted by atomic mass is 16.4. The Kier molecular flexibility index (Phi) is 10.5. The molecule has 36 heavy (non-hydrogen) atoms. The van der Waals surface area contributed by atoms with Crippen LogP contribution in [0.25, 0.3) is 10.9 Å². The molecule has 0 saturated heterocycles. The Morgan fingerprint density at radius 3 is 2.25 bits per heavy atom. The molecular formula is C26H39N5O5. The number of aromatic amines is 1. The van der Waals surface area contributed by atoms with Gasteiger partial charge in [-0.25, -0.2) is 4.79 Å². The zero-order chi connectivity index (χ0) is 27.0. The molecule has 10 heteroatoms. The second kappa shape index (κ2) is 13.1. The van der Waals surface area contributed by atoms with Crippen LogP contribution in [0.3, 0.4) is 0 Å². The molecule has 0 fully saturated rings. The van der Waals surface area contributed by atoms with Crippen LogP contribution < -0.4 is 21.7 Å². The lowest BCUT2D eigenvalue weighted by Crippen LogP contribution is -2.58. The Balaban J connectivity index is 2.03. The van der Waals surface area contributed by atoms with E-state index in [0.29, 0.717) is 6.42 Å². The average Bonchev–Trinajstić information content (AvgIpc) is 3.23. The van der Waals surface area contributed by atoms with Crippen molar-refractivity contribution in [1.82, 2.24) is 20.9 Å². The molecule has 7 N–H and O–H groups in total. The first-order valence-corrected chi connectivity index (χ1v) is 12.4. The smallest absolute Gasteiger partial charge is 0.326 e. The molecule has 0 aliphatic carbocycles. The van der Waals surface area contributed by atoms with Crippen molar-refractivity contribution in [1.29, 1.82) is 0 Å². The molecule has 2 rings (SSSR count). The third-order valence-electron chi connectivity index (χ3n) is 6.32. The first-order valence-electron chi connectivity index (χ1n) is 12.4. The monoisotopic (exact) mass is 501 g/mol. The minimum atomic E-state index is -1.13. The highest BCUT2D eigenvalue weighted by molar-refractivity contribution is 5.94. The van der Waals surface area contributed by atoms with Gasteiger partial charge in [0.05, 0.1) is 6.04 Å². The molecule has 5 unspecified atom stereocenters. The maximum Gasteiger partial charge on any atom is 0.326 e. The van der Waals surface area contributed by atoms with Crippen LogP contribution in [-0.4, -0.2) is 57.9 Å². The van der Waals surface area contributed by atoms with Crippen molar-refractivity contribution in [2.24, 2.45) is 17.6 Å². The number of rotatable bonds is 13. The van der Waals surface area contributed by atoms with Crippen molar-refractivity contribution in [2.75, 3.05) is 0 Å². The van der Waals surface area contributed by atoms with Crippen molar-refractivity contribution in [3.05, 3.63) is 36.0 Å². The van der Waals surface area contributed by atoms with Gasteiger partial charge in [-0.15, -0.1) is 0 Å². The first-order chi connectivity index (χ1) is 16.9. The second-order valence-electron chi connectivity index (χ2n) is 9.80. The average molecular weight is 502 g/mol. The van der Waals surface area contributed by atoms with Gasteiger partial charge in [-0.1, -0.05) is 52.3 Å². The van der Waals surface area contributed by atoms with Crippen LogP contribution in [-0.2, 0) is 25.6 Å². The number of hydrogen-bond donors (Lipinski definition) is 6. The maximum atomic E-state index is 13.0. The van der Waals surface area contributed by atoms with E-state index in [1.165, 1.54) is 6.92 Å². The summed E-state index contributed by atoms with van der Waals surface area (Å²) in [4.78, 5) is 53.1. The lowest BCUT2D eigenvalue weighted by atomic mass is 9.97. The van der Waals surface area contributed by atoms with E-state index in [1.54, 1.807) is 0 Å². The number of hydrogen-bond acceptors (Lipinski definition) is 5. The number of carbonyl (C=O) groups excluding carboxylic acids is 3. The van der Waals surface area contributed by atoms with E-state index < -0.39 is 47.9 Å². The van der Waals surface area contributed by atoms with Gasteiger partial charge in [-0.2, -0.15) is 0 Å². The van der Waals surface area contributed by atoms with Gasteiger partial charge >= 0.3 is 5.97 Å². The molecule has 0 bridgehead atoms. The third kappa shape index (κ3) is 7.81. The summed E-state index contributed by atoms with van der Waals surface area (Å²) in [5, 5.41) is 18.2. The molecule has 0 spiro atoms. The van der Waals surface area contributed by atoms with Gasteiger partial charge in [0.15, 0.2) is 0 Å². The van der Waals surface area contributed by atoms with Gasteiger partial charge in [0.2, 0.25) is 17.7 Å². The van der Waals surface area contributed by atoms with Crippen LogP contribution >= 0.6 is 0 Å². The van der Waals surface area contributed by atoms with Gasteiger partial charge in [0.25, 0.3) is 0 Å². The van der Waals surface area contributed by atoms with Crippen LogP contribution in [0.15, 0.2) is 30.5 Å². The summed E-state index contributed by atoms with van der Waals surface area (Å²) in [6.07, 6.45) is 2.98. The quantitative estimate of drug-likeness (QED) is 0.244. The molecule has 0 saturated carbocycles. The van der Waals surface area contributed by atoms with Crippen LogP contribution in [0.5, 0.6) is 0 Å². The van der Waals surface area contributed by atoms with Gasteiger partial charge in [0, 0.05) is 17.1 Å². The zero-order valence-electron chi connectivity index (χ0n) is 21.6. The summed E-state index contributed by atoms with van der Waals surface area (Å²) >= 11 is 0. The van der Waals surface area contributed by atoms with Gasteiger partial charge < -0.3 is 31.8 Å². The van der Waals surface area contributed by atoms with E-state index in [-0.39, 0.29) is 24.7 Å². The van der Waals surface area contributed by atoms with Crippen molar-refractivity contribution in [2.45, 2.75) is 78.0 Å². The standard InChI is InChI=1S/C26H39N5O5/c1-6-15(4)22(25(34)29-16(5)23(32)30-21(26(35)36)11-14(2)3)31-24(33)19(27)12-17-13-28-20-10-8-7-9-18(17)20/h7-10,13-16,19,21-22,28H,6,11-12,27H2,1-5H3,(H,29,34)(H,30,32)(H,31,33)(H,35,36). The number of benzene rings is 1. The van der Waals surface area contributed by atoms with Crippen molar-refractivity contribution in [3.63, 3.8) is 0 Å². The van der Waals surface area contributed by atoms with Crippen LogP contribution in [0, 0.1) is 11.8 Å². The number of nitrogens with one attached hydrogen (secondary N) is 4. The number of carboxylic acids is 1. The molecule has 10 nitrogen and oxygen atoms in total. The number of aliphatic carboxylic acids is 1. The third-order valence-corrected chi connectivity index (χ3v) is 6.32. The van der Waals surface area contributed by atoms with E-state index in [4.69, 9.17) is 5.73 Å². The topological polar surface area (TPSA) is 166 Å². The molecule has 5 atom stereocenters. The Bertz CT molecular complexity index is 1070. The Labute approximate surface area is 211 Å². The molecule has 1 aromatic heterocycles. The number of fused-ring (bicyclic) bond motifs is 1.